The minimum Gasteiger partial charge on any atom is -0.497 e. The van der Waals surface area contributed by atoms with E-state index in [4.69, 9.17) is 4.74 Å². The number of hydrogen-bond acceptors (Lipinski definition) is 4. The fourth-order valence-electron chi connectivity index (χ4n) is 4.49. The molecule has 0 aliphatic carbocycles. The molecular formula is C23H30O4S. The standard InChI is InChI=1S/C23H30O4S/c1-4-6-14-23(5-2)16-28(25,26)20-15-18(27-3)12-13-19(20)21(22(23)24)17-10-8-7-9-11-17/h7-13,15,21-22,24H,4-6,14,16H2,1-3H3/t21-,22-,23+/m0/s1. The number of benzene rings is 2. The van der Waals surface area contributed by atoms with Crippen molar-refractivity contribution in [2.75, 3.05) is 12.9 Å². The van der Waals surface area contributed by atoms with E-state index in [0.717, 1.165) is 18.4 Å². The highest BCUT2D eigenvalue weighted by Gasteiger charge is 2.48. The Morgan fingerprint density at radius 3 is 2.46 bits per heavy atom. The predicted molar refractivity (Wildman–Crippen MR) is 112 cm³/mol. The molecule has 0 amide bonds. The molecule has 1 N–H and O–H groups in total. The molecule has 3 atom stereocenters. The summed E-state index contributed by atoms with van der Waals surface area (Å²) in [6.07, 6.45) is 2.37. The van der Waals surface area contributed by atoms with Gasteiger partial charge in [-0.25, -0.2) is 8.42 Å². The fraction of sp³-hybridized carbons (Fsp3) is 0.478. The minimum absolute atomic E-state index is 0.0405. The highest BCUT2D eigenvalue weighted by atomic mass is 32.2. The van der Waals surface area contributed by atoms with E-state index in [1.807, 2.05) is 37.3 Å². The van der Waals surface area contributed by atoms with Gasteiger partial charge in [-0.05, 0) is 36.1 Å². The number of sulfone groups is 1. The molecule has 1 heterocycles. The predicted octanol–water partition coefficient (Wildman–Crippen LogP) is 4.56. The molecule has 0 radical (unpaired) electrons. The number of aliphatic hydroxyl groups excluding tert-OH is 1. The lowest BCUT2D eigenvalue weighted by atomic mass is 9.69. The van der Waals surface area contributed by atoms with Crippen molar-refractivity contribution < 1.29 is 18.3 Å². The SMILES string of the molecule is CCCC[C@]1(CC)CS(=O)(=O)c2cc(OC)ccc2[C@H](c2ccccc2)[C@@H]1O. The molecule has 1 aliphatic rings. The molecule has 0 spiro atoms. The van der Waals surface area contributed by atoms with Crippen molar-refractivity contribution >= 4 is 9.84 Å². The summed E-state index contributed by atoms with van der Waals surface area (Å²) in [5, 5.41) is 11.6. The number of methoxy groups -OCH3 is 1. The highest BCUT2D eigenvalue weighted by Crippen LogP contribution is 2.49. The largest absolute Gasteiger partial charge is 0.497 e. The molecule has 5 heteroatoms. The van der Waals surface area contributed by atoms with Crippen molar-refractivity contribution in [3.8, 4) is 5.75 Å². The smallest absolute Gasteiger partial charge is 0.179 e. The van der Waals surface area contributed by atoms with Gasteiger partial charge in [0, 0.05) is 11.3 Å². The van der Waals surface area contributed by atoms with Crippen molar-refractivity contribution in [1.29, 1.82) is 0 Å². The van der Waals surface area contributed by atoms with Gasteiger partial charge in [0.25, 0.3) is 0 Å². The summed E-state index contributed by atoms with van der Waals surface area (Å²) in [5.74, 6) is 0.0821. The summed E-state index contributed by atoms with van der Waals surface area (Å²) in [5.41, 5.74) is 0.917. The van der Waals surface area contributed by atoms with Crippen LogP contribution < -0.4 is 4.74 Å². The van der Waals surface area contributed by atoms with Crippen LogP contribution in [0, 0.1) is 5.41 Å². The van der Waals surface area contributed by atoms with E-state index >= 15 is 0 Å². The molecule has 0 saturated heterocycles. The van der Waals surface area contributed by atoms with Crippen LogP contribution in [0.15, 0.2) is 53.4 Å². The van der Waals surface area contributed by atoms with Crippen LogP contribution in [0.5, 0.6) is 5.75 Å². The van der Waals surface area contributed by atoms with Gasteiger partial charge in [-0.2, -0.15) is 0 Å². The Morgan fingerprint density at radius 2 is 1.86 bits per heavy atom. The van der Waals surface area contributed by atoms with Gasteiger partial charge < -0.3 is 9.84 Å². The molecule has 0 bridgehead atoms. The van der Waals surface area contributed by atoms with Gasteiger partial charge in [0.1, 0.15) is 5.75 Å². The summed E-state index contributed by atoms with van der Waals surface area (Å²) < 4.78 is 32.2. The van der Waals surface area contributed by atoms with Crippen LogP contribution in [0.4, 0.5) is 0 Å². The summed E-state index contributed by atoms with van der Waals surface area (Å²) in [6.45, 7) is 4.09. The Balaban J connectivity index is 2.28. The van der Waals surface area contributed by atoms with Crippen molar-refractivity contribution in [1.82, 2.24) is 0 Å². The number of unbranched alkanes of at least 4 members (excludes halogenated alkanes) is 1. The van der Waals surface area contributed by atoms with Crippen molar-refractivity contribution in [3.05, 3.63) is 59.7 Å². The Labute approximate surface area is 168 Å². The monoisotopic (exact) mass is 402 g/mol. The molecule has 4 nitrogen and oxygen atoms in total. The maximum atomic E-state index is 13.5. The lowest BCUT2D eigenvalue weighted by molar-refractivity contribution is 0.0174. The number of aliphatic hydroxyl groups is 1. The zero-order valence-electron chi connectivity index (χ0n) is 16.9. The third-order valence-electron chi connectivity index (χ3n) is 6.20. The average Bonchev–Trinajstić information content (AvgIpc) is 2.78. The summed E-state index contributed by atoms with van der Waals surface area (Å²) >= 11 is 0. The van der Waals surface area contributed by atoms with E-state index in [9.17, 15) is 13.5 Å². The molecule has 0 fully saturated rings. The molecule has 0 unspecified atom stereocenters. The lowest BCUT2D eigenvalue weighted by Crippen LogP contribution is -2.42. The second-order valence-electron chi connectivity index (χ2n) is 7.82. The Morgan fingerprint density at radius 1 is 1.14 bits per heavy atom. The third-order valence-corrected chi connectivity index (χ3v) is 8.18. The van der Waals surface area contributed by atoms with Gasteiger partial charge in [-0.1, -0.05) is 63.1 Å². The Kier molecular flexibility index (Phi) is 6.15. The summed E-state index contributed by atoms with van der Waals surface area (Å²) in [6, 6.07) is 14.9. The van der Waals surface area contributed by atoms with Gasteiger partial charge in [0.05, 0.1) is 23.9 Å². The van der Waals surface area contributed by atoms with Crippen molar-refractivity contribution in [2.24, 2.45) is 5.41 Å². The number of hydrogen-bond donors (Lipinski definition) is 1. The van der Waals surface area contributed by atoms with Crippen LogP contribution in [-0.2, 0) is 9.84 Å². The van der Waals surface area contributed by atoms with Crippen LogP contribution in [0.2, 0.25) is 0 Å². The first-order valence-corrected chi connectivity index (χ1v) is 11.7. The van der Waals surface area contributed by atoms with Gasteiger partial charge in [0.2, 0.25) is 0 Å². The second kappa shape index (κ2) is 8.26. The van der Waals surface area contributed by atoms with Gasteiger partial charge in [-0.15, -0.1) is 0 Å². The van der Waals surface area contributed by atoms with E-state index in [0.29, 0.717) is 24.2 Å². The first-order chi connectivity index (χ1) is 13.4. The van der Waals surface area contributed by atoms with Gasteiger partial charge in [-0.3, -0.25) is 0 Å². The summed E-state index contributed by atoms with van der Waals surface area (Å²) in [4.78, 5) is 0.284. The molecule has 1 aliphatic heterocycles. The molecule has 2 aromatic carbocycles. The zero-order chi connectivity index (χ0) is 20.4. The van der Waals surface area contributed by atoms with Crippen LogP contribution in [-0.4, -0.2) is 32.5 Å². The molecule has 3 rings (SSSR count). The quantitative estimate of drug-likeness (QED) is 0.769. The van der Waals surface area contributed by atoms with Crippen LogP contribution in [0.1, 0.15) is 56.6 Å². The summed E-state index contributed by atoms with van der Waals surface area (Å²) in [7, 11) is -2.04. The third kappa shape index (κ3) is 3.70. The normalized spacial score (nSPS) is 26.3. The number of fused-ring (bicyclic) bond motifs is 1. The van der Waals surface area contributed by atoms with Gasteiger partial charge >= 0.3 is 0 Å². The maximum absolute atomic E-state index is 13.5. The van der Waals surface area contributed by atoms with Gasteiger partial charge in [0.15, 0.2) is 9.84 Å². The molecule has 0 aromatic heterocycles. The minimum atomic E-state index is -3.58. The van der Waals surface area contributed by atoms with E-state index in [-0.39, 0.29) is 10.6 Å². The zero-order valence-corrected chi connectivity index (χ0v) is 17.7. The first-order valence-electron chi connectivity index (χ1n) is 10.0. The van der Waals surface area contributed by atoms with Crippen LogP contribution in [0.3, 0.4) is 0 Å². The molecule has 152 valence electrons. The topological polar surface area (TPSA) is 63.6 Å². The van der Waals surface area contributed by atoms with Crippen molar-refractivity contribution in [3.63, 3.8) is 0 Å². The highest BCUT2D eigenvalue weighted by molar-refractivity contribution is 7.91. The van der Waals surface area contributed by atoms with E-state index in [2.05, 4.69) is 6.92 Å². The first kappa shape index (κ1) is 20.9. The van der Waals surface area contributed by atoms with Crippen LogP contribution in [0.25, 0.3) is 0 Å². The Hall–Kier alpha value is -1.85. The average molecular weight is 403 g/mol. The fourth-order valence-corrected chi connectivity index (χ4v) is 6.77. The Bertz CT molecular complexity index is 907. The van der Waals surface area contributed by atoms with Crippen LogP contribution >= 0.6 is 0 Å². The molecule has 0 saturated carbocycles. The lowest BCUT2D eigenvalue weighted by Gasteiger charge is -2.39. The second-order valence-corrected chi connectivity index (χ2v) is 9.77. The maximum Gasteiger partial charge on any atom is 0.179 e. The molecule has 2 aromatic rings. The van der Waals surface area contributed by atoms with Crippen molar-refractivity contribution in [2.45, 2.75) is 56.4 Å². The van der Waals surface area contributed by atoms with E-state index in [1.165, 1.54) is 7.11 Å². The number of rotatable bonds is 6. The number of ether oxygens (including phenoxy) is 1. The van der Waals surface area contributed by atoms with E-state index in [1.54, 1.807) is 18.2 Å². The molecule has 28 heavy (non-hydrogen) atoms. The molecular weight excluding hydrogens is 372 g/mol. The van der Waals surface area contributed by atoms with E-state index < -0.39 is 27.3 Å².